The molecule has 1 atom stereocenters. The Balaban J connectivity index is 4.36. The lowest BCUT2D eigenvalue weighted by atomic mass is 10.2. The number of carbonyl (C=O) groups is 2. The molecule has 0 rings (SSSR count). The molecule has 1 N–H and O–H groups in total. The van der Waals surface area contributed by atoms with Gasteiger partial charge in [0, 0.05) is 6.42 Å². The average molecular weight is 289 g/mol. The van der Waals surface area contributed by atoms with Gasteiger partial charge in [0.05, 0.1) is 5.60 Å². The van der Waals surface area contributed by atoms with Crippen LogP contribution in [0.3, 0.4) is 0 Å². The maximum atomic E-state index is 11.6. The summed E-state index contributed by atoms with van der Waals surface area (Å²) in [6.45, 7) is 12.7. The van der Waals surface area contributed by atoms with Crippen LogP contribution in [-0.4, -0.2) is 29.7 Å². The highest BCUT2D eigenvalue weighted by molar-refractivity contribution is 5.87. The number of rotatable bonds is 4. The highest BCUT2D eigenvalue weighted by atomic mass is 16.7. The van der Waals surface area contributed by atoms with Crippen molar-refractivity contribution < 1.29 is 23.8 Å². The van der Waals surface area contributed by atoms with Gasteiger partial charge in [0.25, 0.3) is 0 Å². The Labute approximate surface area is 121 Å². The van der Waals surface area contributed by atoms with Crippen molar-refractivity contribution >= 4 is 12.2 Å². The molecule has 118 valence electrons. The van der Waals surface area contributed by atoms with Crippen molar-refractivity contribution in [2.45, 2.75) is 78.8 Å². The Hall–Kier alpha value is -1.30. The van der Waals surface area contributed by atoms with Gasteiger partial charge in [-0.3, -0.25) is 0 Å². The zero-order chi connectivity index (χ0) is 16.0. The minimum Gasteiger partial charge on any atom is -0.443 e. The summed E-state index contributed by atoms with van der Waals surface area (Å²) in [5.74, 6) is 0. The van der Waals surface area contributed by atoms with Crippen molar-refractivity contribution in [3.8, 4) is 0 Å². The van der Waals surface area contributed by atoms with E-state index in [4.69, 9.17) is 14.2 Å². The largest absolute Gasteiger partial charge is 0.443 e. The van der Waals surface area contributed by atoms with Crippen LogP contribution in [0.1, 0.15) is 61.3 Å². The average Bonchev–Trinajstić information content (AvgIpc) is 2.10. The predicted molar refractivity (Wildman–Crippen MR) is 75.4 cm³/mol. The van der Waals surface area contributed by atoms with E-state index in [-0.39, 0.29) is 0 Å². The molecule has 0 aliphatic heterocycles. The van der Waals surface area contributed by atoms with Crippen LogP contribution in [0.4, 0.5) is 9.59 Å². The zero-order valence-electron chi connectivity index (χ0n) is 13.5. The van der Waals surface area contributed by atoms with Crippen LogP contribution in [0.15, 0.2) is 0 Å². The Morgan fingerprint density at radius 1 is 1.00 bits per heavy atom. The van der Waals surface area contributed by atoms with Crippen LogP contribution in [0.2, 0.25) is 0 Å². The maximum absolute atomic E-state index is 11.6. The summed E-state index contributed by atoms with van der Waals surface area (Å²) in [6, 6.07) is 0. The molecular weight excluding hydrogens is 262 g/mol. The lowest BCUT2D eigenvalue weighted by Crippen LogP contribution is -2.40. The summed E-state index contributed by atoms with van der Waals surface area (Å²) in [4.78, 5) is 23.0. The van der Waals surface area contributed by atoms with Crippen LogP contribution in [0.5, 0.6) is 0 Å². The summed E-state index contributed by atoms with van der Waals surface area (Å²) >= 11 is 0. The SMILES string of the molecule is CCCC(OC(=O)NC(=O)OC(C)(C)C)OC(C)(C)C. The van der Waals surface area contributed by atoms with Gasteiger partial charge < -0.3 is 14.2 Å². The molecule has 2 amide bonds. The first-order valence-electron chi connectivity index (χ1n) is 6.81. The topological polar surface area (TPSA) is 73.9 Å². The number of amides is 2. The molecule has 0 bridgehead atoms. The quantitative estimate of drug-likeness (QED) is 0.800. The molecule has 1 unspecified atom stereocenters. The molecule has 0 heterocycles. The second-order valence-corrected chi connectivity index (χ2v) is 6.48. The molecular formula is C14H27NO5. The second-order valence-electron chi connectivity index (χ2n) is 6.48. The van der Waals surface area contributed by atoms with Crippen molar-refractivity contribution in [1.29, 1.82) is 0 Å². The van der Waals surface area contributed by atoms with Gasteiger partial charge in [0.2, 0.25) is 6.29 Å². The molecule has 0 radical (unpaired) electrons. The van der Waals surface area contributed by atoms with Crippen molar-refractivity contribution in [3.63, 3.8) is 0 Å². The zero-order valence-corrected chi connectivity index (χ0v) is 13.5. The molecule has 6 heteroatoms. The van der Waals surface area contributed by atoms with E-state index >= 15 is 0 Å². The Bertz CT molecular complexity index is 327. The lowest BCUT2D eigenvalue weighted by Gasteiger charge is -2.27. The molecule has 0 aliphatic carbocycles. The van der Waals surface area contributed by atoms with E-state index in [0.717, 1.165) is 6.42 Å². The maximum Gasteiger partial charge on any atom is 0.418 e. The highest BCUT2D eigenvalue weighted by Crippen LogP contribution is 2.15. The molecule has 0 aromatic carbocycles. The molecule has 6 nitrogen and oxygen atoms in total. The van der Waals surface area contributed by atoms with E-state index in [1.54, 1.807) is 20.8 Å². The van der Waals surface area contributed by atoms with Crippen molar-refractivity contribution in [2.24, 2.45) is 0 Å². The minimum absolute atomic E-state index is 0.438. The van der Waals surface area contributed by atoms with Gasteiger partial charge in [-0.2, -0.15) is 0 Å². The van der Waals surface area contributed by atoms with E-state index in [1.165, 1.54) is 0 Å². The summed E-state index contributed by atoms with van der Waals surface area (Å²) in [5, 5.41) is 2.01. The third-order valence-corrected chi connectivity index (χ3v) is 1.85. The lowest BCUT2D eigenvalue weighted by molar-refractivity contribution is -0.168. The van der Waals surface area contributed by atoms with Gasteiger partial charge >= 0.3 is 12.2 Å². The number of ether oxygens (including phenoxy) is 3. The van der Waals surface area contributed by atoms with Gasteiger partial charge in [-0.15, -0.1) is 0 Å². The fraction of sp³-hybridized carbons (Fsp3) is 0.857. The minimum atomic E-state index is -0.873. The normalized spacial score (nSPS) is 13.6. The van der Waals surface area contributed by atoms with Crippen LogP contribution in [0, 0.1) is 0 Å². The molecule has 0 aromatic rings. The summed E-state index contributed by atoms with van der Waals surface area (Å²) in [6.07, 6.45) is -1.06. The Kier molecular flexibility index (Phi) is 6.99. The predicted octanol–water partition coefficient (Wildman–Crippen LogP) is 3.59. The van der Waals surface area contributed by atoms with Crippen molar-refractivity contribution in [1.82, 2.24) is 5.32 Å². The first kappa shape index (κ1) is 18.7. The molecule has 0 fully saturated rings. The smallest absolute Gasteiger partial charge is 0.418 e. The Morgan fingerprint density at radius 2 is 1.55 bits per heavy atom. The van der Waals surface area contributed by atoms with E-state index in [1.807, 2.05) is 33.0 Å². The number of nitrogens with one attached hydrogen (secondary N) is 1. The number of hydrogen-bond donors (Lipinski definition) is 1. The van der Waals surface area contributed by atoms with E-state index in [0.29, 0.717) is 6.42 Å². The number of hydrogen-bond acceptors (Lipinski definition) is 5. The van der Waals surface area contributed by atoms with E-state index < -0.39 is 29.7 Å². The van der Waals surface area contributed by atoms with Crippen LogP contribution in [0.25, 0.3) is 0 Å². The highest BCUT2D eigenvalue weighted by Gasteiger charge is 2.24. The number of carbonyl (C=O) groups excluding carboxylic acids is 2. The molecule has 20 heavy (non-hydrogen) atoms. The molecule has 0 spiro atoms. The van der Waals surface area contributed by atoms with Crippen molar-refractivity contribution in [3.05, 3.63) is 0 Å². The summed E-state index contributed by atoms with van der Waals surface area (Å²) in [5.41, 5.74) is -1.11. The second kappa shape index (κ2) is 7.47. The monoisotopic (exact) mass is 289 g/mol. The summed E-state index contributed by atoms with van der Waals surface area (Å²) in [7, 11) is 0. The van der Waals surface area contributed by atoms with Gasteiger partial charge in [-0.25, -0.2) is 14.9 Å². The van der Waals surface area contributed by atoms with Gasteiger partial charge in [0.1, 0.15) is 5.60 Å². The molecule has 0 aromatic heterocycles. The van der Waals surface area contributed by atoms with Crippen molar-refractivity contribution in [2.75, 3.05) is 0 Å². The number of imide groups is 1. The Morgan fingerprint density at radius 3 is 1.95 bits per heavy atom. The summed E-state index contributed by atoms with van der Waals surface area (Å²) < 4.78 is 15.6. The van der Waals surface area contributed by atoms with Crippen LogP contribution >= 0.6 is 0 Å². The van der Waals surface area contributed by atoms with Crippen LogP contribution < -0.4 is 5.32 Å². The fourth-order valence-electron chi connectivity index (χ4n) is 1.31. The van der Waals surface area contributed by atoms with E-state index in [9.17, 15) is 9.59 Å². The third kappa shape index (κ3) is 10.6. The number of alkyl carbamates (subject to hydrolysis) is 2. The first-order chi connectivity index (χ1) is 8.93. The van der Waals surface area contributed by atoms with Crippen LogP contribution in [-0.2, 0) is 14.2 Å². The van der Waals surface area contributed by atoms with Gasteiger partial charge in [-0.05, 0) is 41.5 Å². The fourth-order valence-corrected chi connectivity index (χ4v) is 1.31. The first-order valence-corrected chi connectivity index (χ1v) is 6.81. The van der Waals surface area contributed by atoms with Gasteiger partial charge in [0.15, 0.2) is 0 Å². The molecule has 0 aliphatic rings. The van der Waals surface area contributed by atoms with Gasteiger partial charge in [-0.1, -0.05) is 13.3 Å². The standard InChI is InChI=1S/C14H27NO5/c1-8-9-10(19-13(2,3)4)18-11(16)15-12(17)20-14(5,6)7/h10H,8-9H2,1-7H3,(H,15,16,17). The van der Waals surface area contributed by atoms with E-state index in [2.05, 4.69) is 0 Å². The molecule has 0 saturated carbocycles. The molecule has 0 saturated heterocycles. The third-order valence-electron chi connectivity index (χ3n) is 1.85.